The molecule has 31 heavy (non-hydrogen) atoms. The number of anilines is 2. The first-order valence-corrected chi connectivity index (χ1v) is 9.20. The van der Waals surface area contributed by atoms with E-state index >= 15 is 0 Å². The van der Waals surface area contributed by atoms with Gasteiger partial charge in [-0.25, -0.2) is 4.79 Å². The van der Waals surface area contributed by atoms with E-state index in [1.165, 1.54) is 43.6 Å². The minimum absolute atomic E-state index is 0.165. The smallest absolute Gasteiger partial charge is 0.338 e. The Morgan fingerprint density at radius 2 is 1.42 bits per heavy atom. The van der Waals surface area contributed by atoms with E-state index in [1.54, 1.807) is 30.3 Å². The molecule has 0 aliphatic heterocycles. The SMILES string of the molecule is CNC(=O)c1ccc(NC(=O)COC(=O)c2ccc(NC(=O)c3ccco3)cc2)cc1. The third-order valence-corrected chi connectivity index (χ3v) is 4.12. The van der Waals surface area contributed by atoms with Crippen molar-refractivity contribution in [1.29, 1.82) is 0 Å². The van der Waals surface area contributed by atoms with Crippen LogP contribution in [-0.4, -0.2) is 37.3 Å². The van der Waals surface area contributed by atoms with Gasteiger partial charge in [0.15, 0.2) is 12.4 Å². The highest BCUT2D eigenvalue weighted by Gasteiger charge is 2.12. The Morgan fingerprint density at radius 3 is 2.00 bits per heavy atom. The van der Waals surface area contributed by atoms with Crippen LogP contribution in [0.2, 0.25) is 0 Å². The number of amides is 3. The molecule has 3 amide bonds. The molecule has 3 rings (SSSR count). The van der Waals surface area contributed by atoms with Crippen molar-refractivity contribution < 1.29 is 28.3 Å². The molecule has 0 bridgehead atoms. The average Bonchev–Trinajstić information content (AvgIpc) is 3.33. The molecule has 1 aromatic heterocycles. The van der Waals surface area contributed by atoms with Gasteiger partial charge in [0.25, 0.3) is 17.7 Å². The van der Waals surface area contributed by atoms with Crippen LogP contribution in [0.1, 0.15) is 31.3 Å². The Balaban J connectivity index is 1.48. The zero-order chi connectivity index (χ0) is 22.2. The first-order chi connectivity index (χ1) is 15.0. The van der Waals surface area contributed by atoms with Gasteiger partial charge in [-0.3, -0.25) is 14.4 Å². The summed E-state index contributed by atoms with van der Waals surface area (Å²) in [6.07, 6.45) is 1.39. The highest BCUT2D eigenvalue weighted by molar-refractivity contribution is 6.02. The van der Waals surface area contributed by atoms with E-state index in [-0.39, 0.29) is 17.2 Å². The summed E-state index contributed by atoms with van der Waals surface area (Å²) in [5, 5.41) is 7.70. The minimum atomic E-state index is -0.686. The molecule has 0 fully saturated rings. The second-order valence-corrected chi connectivity index (χ2v) is 6.29. The quantitative estimate of drug-likeness (QED) is 0.504. The summed E-state index contributed by atoms with van der Waals surface area (Å²) in [4.78, 5) is 47.5. The van der Waals surface area contributed by atoms with E-state index in [9.17, 15) is 19.2 Å². The number of hydrogen-bond acceptors (Lipinski definition) is 6. The van der Waals surface area contributed by atoms with Crippen LogP contribution in [0.25, 0.3) is 0 Å². The van der Waals surface area contributed by atoms with Crippen LogP contribution in [-0.2, 0) is 9.53 Å². The van der Waals surface area contributed by atoms with Crippen molar-refractivity contribution in [3.63, 3.8) is 0 Å². The summed E-state index contributed by atoms with van der Waals surface area (Å²) in [5.41, 5.74) is 1.61. The number of ether oxygens (including phenoxy) is 1. The molecule has 0 saturated heterocycles. The largest absolute Gasteiger partial charge is 0.459 e. The molecule has 0 spiro atoms. The van der Waals surface area contributed by atoms with E-state index < -0.39 is 24.4 Å². The van der Waals surface area contributed by atoms with Crippen LogP contribution in [0.4, 0.5) is 11.4 Å². The van der Waals surface area contributed by atoms with E-state index in [0.717, 1.165) is 0 Å². The predicted octanol–water partition coefficient (Wildman–Crippen LogP) is 2.69. The number of carbonyl (C=O) groups excluding carboxylic acids is 4. The molecule has 3 aromatic rings. The fourth-order valence-corrected chi connectivity index (χ4v) is 2.55. The molecule has 158 valence electrons. The number of furan rings is 1. The number of esters is 1. The lowest BCUT2D eigenvalue weighted by Crippen LogP contribution is -2.21. The number of benzene rings is 2. The van der Waals surface area contributed by atoms with Crippen molar-refractivity contribution in [3.8, 4) is 0 Å². The fourth-order valence-electron chi connectivity index (χ4n) is 2.55. The van der Waals surface area contributed by atoms with E-state index in [0.29, 0.717) is 16.9 Å². The van der Waals surface area contributed by atoms with Gasteiger partial charge >= 0.3 is 5.97 Å². The molecular weight excluding hydrogens is 402 g/mol. The van der Waals surface area contributed by atoms with Crippen molar-refractivity contribution in [2.24, 2.45) is 0 Å². The molecule has 0 radical (unpaired) electrons. The van der Waals surface area contributed by atoms with Crippen LogP contribution >= 0.6 is 0 Å². The van der Waals surface area contributed by atoms with E-state index in [2.05, 4.69) is 16.0 Å². The van der Waals surface area contributed by atoms with Gasteiger partial charge < -0.3 is 25.1 Å². The molecule has 1 heterocycles. The Labute approximate surface area is 177 Å². The minimum Gasteiger partial charge on any atom is -0.459 e. The summed E-state index contributed by atoms with van der Waals surface area (Å²) < 4.78 is 10.0. The van der Waals surface area contributed by atoms with Gasteiger partial charge in [0.2, 0.25) is 0 Å². The van der Waals surface area contributed by atoms with Crippen molar-refractivity contribution in [3.05, 3.63) is 83.8 Å². The second kappa shape index (κ2) is 9.88. The van der Waals surface area contributed by atoms with E-state index in [1.807, 2.05) is 0 Å². The lowest BCUT2D eigenvalue weighted by Gasteiger charge is -2.08. The molecule has 9 nitrogen and oxygen atoms in total. The van der Waals surface area contributed by atoms with Crippen LogP contribution in [0, 0.1) is 0 Å². The summed E-state index contributed by atoms with van der Waals surface area (Å²) in [7, 11) is 1.52. The third kappa shape index (κ3) is 5.80. The number of rotatable bonds is 7. The summed E-state index contributed by atoms with van der Waals surface area (Å²) >= 11 is 0. The molecular formula is C22H19N3O6. The maximum Gasteiger partial charge on any atom is 0.338 e. The first kappa shape index (κ1) is 21.3. The number of nitrogens with one attached hydrogen (secondary N) is 3. The van der Waals surface area contributed by atoms with Gasteiger partial charge in [-0.15, -0.1) is 0 Å². The highest BCUT2D eigenvalue weighted by atomic mass is 16.5. The van der Waals surface area contributed by atoms with Crippen LogP contribution in [0.5, 0.6) is 0 Å². The van der Waals surface area contributed by atoms with Crippen LogP contribution in [0.3, 0.4) is 0 Å². The molecule has 3 N–H and O–H groups in total. The Hall–Kier alpha value is -4.40. The highest BCUT2D eigenvalue weighted by Crippen LogP contribution is 2.13. The van der Waals surface area contributed by atoms with Crippen molar-refractivity contribution in [2.75, 3.05) is 24.3 Å². The summed E-state index contributed by atoms with van der Waals surface area (Å²) in [5.74, 6) is -1.70. The van der Waals surface area contributed by atoms with Crippen molar-refractivity contribution >= 4 is 35.1 Å². The standard InChI is InChI=1S/C22H19N3O6/c1-23-20(27)14-4-8-16(9-5-14)24-19(26)13-31-22(29)15-6-10-17(11-7-15)25-21(28)18-3-2-12-30-18/h2-12H,13H2,1H3,(H,23,27)(H,24,26)(H,25,28). The maximum absolute atomic E-state index is 12.1. The van der Waals surface area contributed by atoms with Gasteiger partial charge in [-0.2, -0.15) is 0 Å². The zero-order valence-corrected chi connectivity index (χ0v) is 16.5. The monoisotopic (exact) mass is 421 g/mol. The number of hydrogen-bond donors (Lipinski definition) is 3. The summed E-state index contributed by atoms with van der Waals surface area (Å²) in [6, 6.07) is 15.4. The zero-order valence-electron chi connectivity index (χ0n) is 16.5. The molecule has 0 saturated carbocycles. The molecule has 2 aromatic carbocycles. The Bertz CT molecular complexity index is 1070. The topological polar surface area (TPSA) is 127 Å². The first-order valence-electron chi connectivity index (χ1n) is 9.20. The normalized spacial score (nSPS) is 10.1. The Morgan fingerprint density at radius 1 is 0.806 bits per heavy atom. The molecule has 9 heteroatoms. The van der Waals surface area contributed by atoms with Gasteiger partial charge in [0, 0.05) is 24.0 Å². The Kier molecular flexibility index (Phi) is 6.79. The van der Waals surface area contributed by atoms with Crippen molar-refractivity contribution in [1.82, 2.24) is 5.32 Å². The second-order valence-electron chi connectivity index (χ2n) is 6.29. The lowest BCUT2D eigenvalue weighted by molar-refractivity contribution is -0.119. The van der Waals surface area contributed by atoms with Gasteiger partial charge in [-0.1, -0.05) is 0 Å². The van der Waals surface area contributed by atoms with E-state index in [4.69, 9.17) is 9.15 Å². The van der Waals surface area contributed by atoms with Gasteiger partial charge in [0.1, 0.15) is 0 Å². The predicted molar refractivity (Wildman–Crippen MR) is 112 cm³/mol. The van der Waals surface area contributed by atoms with Gasteiger partial charge in [0.05, 0.1) is 11.8 Å². The van der Waals surface area contributed by atoms with Crippen LogP contribution in [0.15, 0.2) is 71.3 Å². The molecule has 0 atom stereocenters. The average molecular weight is 421 g/mol. The van der Waals surface area contributed by atoms with Crippen molar-refractivity contribution in [2.45, 2.75) is 0 Å². The summed E-state index contributed by atoms with van der Waals surface area (Å²) in [6.45, 7) is -0.479. The fraction of sp³-hybridized carbons (Fsp3) is 0.0909. The molecule has 0 unspecified atom stereocenters. The maximum atomic E-state index is 12.1. The molecule has 0 aliphatic carbocycles. The number of carbonyl (C=O) groups is 4. The van der Waals surface area contributed by atoms with Crippen LogP contribution < -0.4 is 16.0 Å². The lowest BCUT2D eigenvalue weighted by atomic mass is 10.2. The third-order valence-electron chi connectivity index (χ3n) is 4.12. The van der Waals surface area contributed by atoms with Gasteiger partial charge in [-0.05, 0) is 60.7 Å². The molecule has 0 aliphatic rings.